The maximum Gasteiger partial charge on any atom is 0.317 e. The van der Waals surface area contributed by atoms with Crippen LogP contribution in [0.1, 0.15) is 59.8 Å². The molecule has 18 heavy (non-hydrogen) atoms. The van der Waals surface area contributed by atoms with Crippen LogP contribution >= 0.6 is 0 Å². The molecule has 1 atom stereocenters. The van der Waals surface area contributed by atoms with Crippen molar-refractivity contribution in [2.75, 3.05) is 19.6 Å². The minimum absolute atomic E-state index is 0.137. The van der Waals surface area contributed by atoms with Gasteiger partial charge in [-0.2, -0.15) is 0 Å². The van der Waals surface area contributed by atoms with Crippen LogP contribution in [0.3, 0.4) is 0 Å². The highest BCUT2D eigenvalue weighted by molar-refractivity contribution is 5.74. The molecule has 1 aliphatic heterocycles. The molecule has 1 saturated heterocycles. The average molecular weight is 254 g/mol. The van der Waals surface area contributed by atoms with Gasteiger partial charge in [-0.1, -0.05) is 34.1 Å². The van der Waals surface area contributed by atoms with Crippen LogP contribution in [0.5, 0.6) is 0 Å². The molecule has 0 spiro atoms. The first-order valence-electron chi connectivity index (χ1n) is 7.48. The monoisotopic (exact) mass is 254 g/mol. The van der Waals surface area contributed by atoms with Crippen LogP contribution in [0.25, 0.3) is 0 Å². The summed E-state index contributed by atoms with van der Waals surface area (Å²) in [5, 5.41) is 3.02. The molecule has 1 N–H and O–H groups in total. The smallest absolute Gasteiger partial charge is 0.317 e. The normalized spacial score (nSPS) is 21.6. The molecule has 3 heteroatoms. The van der Waals surface area contributed by atoms with Crippen LogP contribution < -0.4 is 5.32 Å². The van der Waals surface area contributed by atoms with Gasteiger partial charge in [0.25, 0.3) is 0 Å². The topological polar surface area (TPSA) is 32.3 Å². The van der Waals surface area contributed by atoms with E-state index in [1.807, 2.05) is 4.90 Å². The molecule has 106 valence electrons. The van der Waals surface area contributed by atoms with E-state index in [0.717, 1.165) is 51.2 Å². The molecule has 0 saturated carbocycles. The van der Waals surface area contributed by atoms with Crippen molar-refractivity contribution < 1.29 is 4.79 Å². The lowest BCUT2D eigenvalue weighted by Crippen LogP contribution is -2.41. The maximum atomic E-state index is 12.0. The molecule has 1 rings (SSSR count). The Morgan fingerprint density at radius 3 is 2.61 bits per heavy atom. The first-order chi connectivity index (χ1) is 8.45. The summed E-state index contributed by atoms with van der Waals surface area (Å²) < 4.78 is 0. The van der Waals surface area contributed by atoms with E-state index in [0.29, 0.717) is 5.41 Å². The molecule has 0 aromatic carbocycles. The standard InChI is InChI=1S/C15H30N2O/c1-5-6-10-16-14(18)17-11-7-8-13(9-12-17)15(2,3)4/h13H,5-12H2,1-4H3,(H,16,18). The third kappa shape index (κ3) is 4.87. The van der Waals surface area contributed by atoms with Crippen molar-refractivity contribution in [1.29, 1.82) is 0 Å². The minimum Gasteiger partial charge on any atom is -0.338 e. The van der Waals surface area contributed by atoms with E-state index in [-0.39, 0.29) is 6.03 Å². The van der Waals surface area contributed by atoms with E-state index in [1.165, 1.54) is 6.42 Å². The minimum atomic E-state index is 0.137. The summed E-state index contributed by atoms with van der Waals surface area (Å²) in [5.74, 6) is 0.742. The van der Waals surface area contributed by atoms with Crippen LogP contribution in [0.2, 0.25) is 0 Å². The van der Waals surface area contributed by atoms with Gasteiger partial charge in [-0.05, 0) is 37.0 Å². The van der Waals surface area contributed by atoms with Gasteiger partial charge < -0.3 is 10.2 Å². The number of rotatable bonds is 3. The molecule has 1 aliphatic rings. The number of urea groups is 1. The number of likely N-dealkylation sites (tertiary alicyclic amines) is 1. The quantitative estimate of drug-likeness (QED) is 0.766. The van der Waals surface area contributed by atoms with Crippen molar-refractivity contribution in [2.45, 2.75) is 59.8 Å². The fourth-order valence-electron chi connectivity index (χ4n) is 2.65. The van der Waals surface area contributed by atoms with Crippen molar-refractivity contribution in [3.8, 4) is 0 Å². The van der Waals surface area contributed by atoms with Crippen LogP contribution in [-0.2, 0) is 0 Å². The fraction of sp³-hybridized carbons (Fsp3) is 0.933. The highest BCUT2D eigenvalue weighted by Gasteiger charge is 2.28. The molecule has 0 bridgehead atoms. The van der Waals surface area contributed by atoms with Gasteiger partial charge in [0.15, 0.2) is 0 Å². The fourth-order valence-corrected chi connectivity index (χ4v) is 2.65. The Kier molecular flexibility index (Phi) is 5.97. The number of nitrogens with zero attached hydrogens (tertiary/aromatic N) is 1. The van der Waals surface area contributed by atoms with Crippen LogP contribution in [0, 0.1) is 11.3 Å². The molecule has 0 aromatic rings. The average Bonchev–Trinajstić information content (AvgIpc) is 2.54. The van der Waals surface area contributed by atoms with Gasteiger partial charge in [0.05, 0.1) is 0 Å². The summed E-state index contributed by atoms with van der Waals surface area (Å²) in [6, 6.07) is 0.137. The molecule has 0 aliphatic carbocycles. The summed E-state index contributed by atoms with van der Waals surface area (Å²) in [6.45, 7) is 11.7. The molecule has 1 fully saturated rings. The summed E-state index contributed by atoms with van der Waals surface area (Å²) in [6.07, 6.45) is 5.74. The Hall–Kier alpha value is -0.730. The molecule has 3 nitrogen and oxygen atoms in total. The molecule has 2 amide bonds. The second kappa shape index (κ2) is 7.01. The largest absolute Gasteiger partial charge is 0.338 e. The molecule has 0 aromatic heterocycles. The molecular weight excluding hydrogens is 224 g/mol. The predicted molar refractivity (Wildman–Crippen MR) is 76.7 cm³/mol. The number of carbonyl (C=O) groups is 1. The first kappa shape index (κ1) is 15.3. The van der Waals surface area contributed by atoms with Crippen molar-refractivity contribution >= 4 is 6.03 Å². The van der Waals surface area contributed by atoms with E-state index in [2.05, 4.69) is 33.0 Å². The van der Waals surface area contributed by atoms with E-state index in [9.17, 15) is 4.79 Å². The summed E-state index contributed by atoms with van der Waals surface area (Å²) in [5.41, 5.74) is 0.370. The molecular formula is C15H30N2O. The van der Waals surface area contributed by atoms with Gasteiger partial charge in [0, 0.05) is 19.6 Å². The van der Waals surface area contributed by atoms with E-state index < -0.39 is 0 Å². The zero-order chi connectivity index (χ0) is 13.6. The van der Waals surface area contributed by atoms with Crippen LogP contribution in [0.15, 0.2) is 0 Å². The van der Waals surface area contributed by atoms with Crippen molar-refractivity contribution in [1.82, 2.24) is 10.2 Å². The van der Waals surface area contributed by atoms with Gasteiger partial charge in [0.2, 0.25) is 0 Å². The van der Waals surface area contributed by atoms with E-state index >= 15 is 0 Å². The predicted octanol–water partition coefficient (Wildman–Crippen LogP) is 3.64. The van der Waals surface area contributed by atoms with Crippen molar-refractivity contribution in [2.24, 2.45) is 11.3 Å². The van der Waals surface area contributed by atoms with Gasteiger partial charge in [0.1, 0.15) is 0 Å². The zero-order valence-corrected chi connectivity index (χ0v) is 12.6. The zero-order valence-electron chi connectivity index (χ0n) is 12.6. The Morgan fingerprint density at radius 1 is 1.28 bits per heavy atom. The first-order valence-corrected chi connectivity index (χ1v) is 7.48. The molecule has 0 radical (unpaired) electrons. The van der Waals surface area contributed by atoms with Crippen molar-refractivity contribution in [3.05, 3.63) is 0 Å². The Labute approximate surface area is 112 Å². The third-order valence-electron chi connectivity index (χ3n) is 4.05. The summed E-state index contributed by atoms with van der Waals surface area (Å²) in [7, 11) is 0. The Bertz CT molecular complexity index is 258. The van der Waals surface area contributed by atoms with Gasteiger partial charge >= 0.3 is 6.03 Å². The Morgan fingerprint density at radius 2 is 2.00 bits per heavy atom. The second-order valence-electron chi connectivity index (χ2n) is 6.57. The maximum absolute atomic E-state index is 12.0. The summed E-state index contributed by atoms with van der Waals surface area (Å²) in [4.78, 5) is 14.0. The van der Waals surface area contributed by atoms with Crippen LogP contribution in [0.4, 0.5) is 4.79 Å². The van der Waals surface area contributed by atoms with Gasteiger partial charge in [-0.3, -0.25) is 0 Å². The number of unbranched alkanes of at least 4 members (excludes halogenated alkanes) is 1. The third-order valence-corrected chi connectivity index (χ3v) is 4.05. The number of hydrogen-bond acceptors (Lipinski definition) is 1. The number of carbonyl (C=O) groups excluding carboxylic acids is 1. The second-order valence-corrected chi connectivity index (χ2v) is 6.57. The number of hydrogen-bond donors (Lipinski definition) is 1. The number of nitrogens with one attached hydrogen (secondary N) is 1. The SMILES string of the molecule is CCCCNC(=O)N1CCCC(C(C)(C)C)CC1. The van der Waals surface area contributed by atoms with Crippen molar-refractivity contribution in [3.63, 3.8) is 0 Å². The lowest BCUT2D eigenvalue weighted by atomic mass is 9.77. The van der Waals surface area contributed by atoms with Crippen LogP contribution in [-0.4, -0.2) is 30.6 Å². The number of amides is 2. The molecule has 1 unspecified atom stereocenters. The highest BCUT2D eigenvalue weighted by atomic mass is 16.2. The van der Waals surface area contributed by atoms with E-state index in [4.69, 9.17) is 0 Å². The highest BCUT2D eigenvalue weighted by Crippen LogP contribution is 2.34. The lowest BCUT2D eigenvalue weighted by Gasteiger charge is -2.29. The Balaban J connectivity index is 2.39. The van der Waals surface area contributed by atoms with Gasteiger partial charge in [-0.15, -0.1) is 0 Å². The summed E-state index contributed by atoms with van der Waals surface area (Å²) >= 11 is 0. The van der Waals surface area contributed by atoms with E-state index in [1.54, 1.807) is 0 Å². The lowest BCUT2D eigenvalue weighted by molar-refractivity contribution is 0.191. The van der Waals surface area contributed by atoms with Gasteiger partial charge in [-0.25, -0.2) is 4.79 Å². The molecule has 1 heterocycles.